The molecule has 0 saturated carbocycles. The molecule has 0 atom stereocenters. The molecule has 0 fully saturated rings. The van der Waals surface area contributed by atoms with Crippen molar-refractivity contribution in [3.63, 3.8) is 0 Å². The molecule has 0 amide bonds. The van der Waals surface area contributed by atoms with Gasteiger partial charge in [-0.05, 0) is 92.0 Å². The monoisotopic (exact) mass is 710 g/mol. The number of aromatic nitrogens is 1. The normalized spacial score (nSPS) is 11.8. The van der Waals surface area contributed by atoms with E-state index in [0.717, 1.165) is 33.1 Å². The Balaban J connectivity index is 1.14. The third-order valence-electron chi connectivity index (χ3n) is 10.4. The Morgan fingerprint density at radius 1 is 0.396 bits per heavy atom. The second kappa shape index (κ2) is 12.1. The highest BCUT2D eigenvalue weighted by atomic mass is 32.1. The number of fused-ring (bicyclic) bond motifs is 9. The summed E-state index contributed by atoms with van der Waals surface area (Å²) in [4.78, 5) is 7.50. The molecule has 0 aliphatic rings. The first-order valence-electron chi connectivity index (χ1n) is 17.9. The number of nitrogens with zero attached hydrogens (tertiary/aromatic N) is 2. The Kier molecular flexibility index (Phi) is 6.94. The Bertz CT molecular complexity index is 3180. The van der Waals surface area contributed by atoms with Crippen LogP contribution in [0.4, 0.5) is 17.1 Å². The van der Waals surface area contributed by atoms with Crippen molar-refractivity contribution in [3.05, 3.63) is 182 Å². The van der Waals surface area contributed by atoms with E-state index >= 15 is 0 Å². The van der Waals surface area contributed by atoms with Crippen LogP contribution in [0.15, 0.2) is 182 Å². The van der Waals surface area contributed by atoms with Gasteiger partial charge in [0.05, 0.1) is 10.2 Å². The first-order chi connectivity index (χ1) is 26.2. The number of rotatable bonds is 5. The van der Waals surface area contributed by atoms with Crippen LogP contribution >= 0.6 is 22.7 Å². The van der Waals surface area contributed by atoms with Gasteiger partial charge >= 0.3 is 0 Å². The van der Waals surface area contributed by atoms with Crippen LogP contribution in [0.25, 0.3) is 84.4 Å². The van der Waals surface area contributed by atoms with E-state index in [1.807, 2.05) is 11.3 Å². The van der Waals surface area contributed by atoms with E-state index in [1.54, 1.807) is 11.3 Å². The maximum atomic E-state index is 5.06. The molecule has 0 radical (unpaired) electrons. The summed E-state index contributed by atoms with van der Waals surface area (Å²) in [6.45, 7) is 0. The van der Waals surface area contributed by atoms with Crippen molar-refractivity contribution in [3.8, 4) is 21.7 Å². The van der Waals surface area contributed by atoms with Crippen LogP contribution in [0.2, 0.25) is 0 Å². The number of benzene rings is 9. The van der Waals surface area contributed by atoms with Gasteiger partial charge in [0.2, 0.25) is 0 Å². The van der Waals surface area contributed by atoms with E-state index in [9.17, 15) is 0 Å². The van der Waals surface area contributed by atoms with Gasteiger partial charge in [-0.25, -0.2) is 4.98 Å². The maximum absolute atomic E-state index is 5.06. The number of thiazole rings is 1. The zero-order chi connectivity index (χ0) is 34.9. The third-order valence-corrected chi connectivity index (χ3v) is 12.7. The Labute approximate surface area is 314 Å². The van der Waals surface area contributed by atoms with Crippen LogP contribution in [-0.4, -0.2) is 4.98 Å². The molecule has 0 aliphatic carbocycles. The highest BCUT2D eigenvalue weighted by molar-refractivity contribution is 7.28. The maximum Gasteiger partial charge on any atom is 0.124 e. The Morgan fingerprint density at radius 3 is 1.85 bits per heavy atom. The van der Waals surface area contributed by atoms with Crippen LogP contribution in [0.1, 0.15) is 0 Å². The van der Waals surface area contributed by atoms with Crippen LogP contribution in [0, 0.1) is 0 Å². The molecule has 4 heteroatoms. The lowest BCUT2D eigenvalue weighted by atomic mass is 9.96. The number of thiophene rings is 1. The van der Waals surface area contributed by atoms with E-state index in [2.05, 4.69) is 187 Å². The molecule has 2 nitrogen and oxygen atoms in total. The predicted octanol–water partition coefficient (Wildman–Crippen LogP) is 14.9. The third kappa shape index (κ3) is 5.02. The molecule has 0 spiro atoms. The molecule has 9 aromatic carbocycles. The van der Waals surface area contributed by atoms with Crippen LogP contribution in [0.3, 0.4) is 0 Å². The molecule has 0 bridgehead atoms. The topological polar surface area (TPSA) is 16.1 Å². The van der Waals surface area contributed by atoms with Gasteiger partial charge in [-0.15, -0.1) is 22.7 Å². The van der Waals surface area contributed by atoms with E-state index in [1.165, 1.54) is 68.3 Å². The second-order valence-electron chi connectivity index (χ2n) is 13.6. The smallest absolute Gasteiger partial charge is 0.124 e. The lowest BCUT2D eigenvalue weighted by molar-refractivity contribution is 1.30. The van der Waals surface area contributed by atoms with E-state index < -0.39 is 0 Å². The zero-order valence-electron chi connectivity index (χ0n) is 28.5. The lowest BCUT2D eigenvalue weighted by Crippen LogP contribution is -2.10. The molecular formula is C49H30N2S2. The summed E-state index contributed by atoms with van der Waals surface area (Å²) < 4.78 is 3.80. The fourth-order valence-corrected chi connectivity index (χ4v) is 10.3. The molecule has 11 rings (SSSR count). The van der Waals surface area contributed by atoms with Gasteiger partial charge in [-0.1, -0.05) is 133 Å². The molecule has 2 heterocycles. The standard InChI is InChI=1S/C49H30N2S2/c1-3-11-31(12-4-1)43-29-38(28-34-16-8-10-18-40(34)43)51(36-21-23-41-35(27-36)20-19-32-13-7-9-17-39(32)41)37-22-24-42-46(30-37)52-45-26-25-44-48(47(42)45)53-49(50-44)33-14-5-2-6-15-33/h1-30H. The second-order valence-corrected chi connectivity index (χ2v) is 15.6. The van der Waals surface area contributed by atoms with Crippen molar-refractivity contribution in [1.82, 2.24) is 4.98 Å². The number of anilines is 3. The Morgan fingerprint density at radius 2 is 1.02 bits per heavy atom. The lowest BCUT2D eigenvalue weighted by Gasteiger charge is -2.27. The summed E-state index contributed by atoms with van der Waals surface area (Å²) in [5, 5.41) is 11.1. The Hall–Kier alpha value is -6.33. The minimum Gasteiger partial charge on any atom is -0.310 e. The fraction of sp³-hybridized carbons (Fsp3) is 0. The van der Waals surface area contributed by atoms with Crippen LogP contribution in [0.5, 0.6) is 0 Å². The molecule has 11 aromatic rings. The quantitative estimate of drug-likeness (QED) is 0.165. The molecule has 248 valence electrons. The summed E-state index contributed by atoms with van der Waals surface area (Å²) in [5.74, 6) is 0. The molecule has 0 N–H and O–H groups in total. The number of hydrogen-bond donors (Lipinski definition) is 0. The first-order valence-corrected chi connectivity index (χ1v) is 19.5. The molecular weight excluding hydrogens is 681 g/mol. The summed E-state index contributed by atoms with van der Waals surface area (Å²) in [6.07, 6.45) is 0. The SMILES string of the molecule is c1ccc(-c2nc3ccc4sc5cc(N(c6cc(-c7ccccc7)c7ccccc7c6)c6ccc7c(ccc8ccccc87)c6)ccc5c4c3s2)cc1. The van der Waals surface area contributed by atoms with Crippen molar-refractivity contribution < 1.29 is 0 Å². The van der Waals surface area contributed by atoms with Crippen LogP contribution in [-0.2, 0) is 0 Å². The van der Waals surface area contributed by atoms with Gasteiger partial charge in [-0.2, -0.15) is 0 Å². The molecule has 53 heavy (non-hydrogen) atoms. The highest BCUT2D eigenvalue weighted by Crippen LogP contribution is 2.46. The van der Waals surface area contributed by atoms with Gasteiger partial charge in [0, 0.05) is 42.8 Å². The van der Waals surface area contributed by atoms with Crippen molar-refractivity contribution in [2.24, 2.45) is 0 Å². The molecule has 0 unspecified atom stereocenters. The van der Waals surface area contributed by atoms with Crippen molar-refractivity contribution in [2.75, 3.05) is 4.90 Å². The van der Waals surface area contributed by atoms with Crippen LogP contribution < -0.4 is 4.90 Å². The first kappa shape index (κ1) is 30.3. The number of hydrogen-bond acceptors (Lipinski definition) is 4. The largest absolute Gasteiger partial charge is 0.310 e. The molecule has 0 aliphatic heterocycles. The minimum atomic E-state index is 1.06. The van der Waals surface area contributed by atoms with Gasteiger partial charge in [0.15, 0.2) is 0 Å². The van der Waals surface area contributed by atoms with Crippen molar-refractivity contribution in [2.45, 2.75) is 0 Å². The van der Waals surface area contributed by atoms with Gasteiger partial charge < -0.3 is 4.90 Å². The van der Waals surface area contributed by atoms with E-state index in [4.69, 9.17) is 4.98 Å². The highest BCUT2D eigenvalue weighted by Gasteiger charge is 2.20. The minimum absolute atomic E-state index is 1.06. The van der Waals surface area contributed by atoms with Gasteiger partial charge in [0.1, 0.15) is 5.01 Å². The predicted molar refractivity (Wildman–Crippen MR) is 231 cm³/mol. The average Bonchev–Trinajstić information content (AvgIpc) is 3.83. The van der Waals surface area contributed by atoms with Crippen molar-refractivity contribution in [1.29, 1.82) is 0 Å². The van der Waals surface area contributed by atoms with E-state index in [0.29, 0.717) is 0 Å². The summed E-state index contributed by atoms with van der Waals surface area (Å²) in [7, 11) is 0. The van der Waals surface area contributed by atoms with E-state index in [-0.39, 0.29) is 0 Å². The van der Waals surface area contributed by atoms with Gasteiger partial charge in [-0.3, -0.25) is 0 Å². The molecule has 2 aromatic heterocycles. The zero-order valence-corrected chi connectivity index (χ0v) is 30.2. The average molecular weight is 711 g/mol. The fourth-order valence-electron chi connectivity index (χ4n) is 7.94. The van der Waals surface area contributed by atoms with Crippen molar-refractivity contribution >= 4 is 102 Å². The summed E-state index contributed by atoms with van der Waals surface area (Å²) in [6, 6.07) is 66.2. The summed E-state index contributed by atoms with van der Waals surface area (Å²) in [5.41, 5.74) is 8.02. The molecule has 0 saturated heterocycles. The van der Waals surface area contributed by atoms with Gasteiger partial charge in [0.25, 0.3) is 0 Å². The summed E-state index contributed by atoms with van der Waals surface area (Å²) >= 11 is 3.65.